The molecule has 0 aliphatic rings. The number of anilines is 2. The van der Waals surface area contributed by atoms with Gasteiger partial charge in [-0.3, -0.25) is 4.79 Å². The number of methoxy groups -OCH3 is 1. The molecule has 3 N–H and O–H groups in total. The molecular formula is C14H20Cl2N2O3. The number of halogens is 2. The molecule has 1 aromatic rings. The van der Waals surface area contributed by atoms with E-state index in [9.17, 15) is 4.79 Å². The second kappa shape index (κ2) is 7.84. The van der Waals surface area contributed by atoms with Crippen molar-refractivity contribution in [2.75, 3.05) is 31.4 Å². The number of nitrogens with one attached hydrogen (secondary N) is 1. The molecule has 0 radical (unpaired) electrons. The van der Waals surface area contributed by atoms with Crippen LogP contribution in [0.4, 0.5) is 11.4 Å². The molecule has 5 nitrogen and oxygen atoms in total. The van der Waals surface area contributed by atoms with Crippen LogP contribution in [0, 0.1) is 0 Å². The Morgan fingerprint density at radius 1 is 1.38 bits per heavy atom. The number of carbonyl (C=O) groups is 1. The lowest BCUT2D eigenvalue weighted by molar-refractivity contribution is -0.121. The van der Waals surface area contributed by atoms with E-state index < -0.39 is 0 Å². The normalized spacial score (nSPS) is 11.5. The minimum absolute atomic E-state index is 0.0851. The highest BCUT2D eigenvalue weighted by Gasteiger charge is 2.16. The molecule has 0 heterocycles. The van der Waals surface area contributed by atoms with Crippen molar-refractivity contribution in [2.45, 2.75) is 25.9 Å². The van der Waals surface area contributed by atoms with Gasteiger partial charge in [0.2, 0.25) is 5.91 Å². The molecule has 0 saturated carbocycles. The average Bonchev–Trinajstić information content (AvgIpc) is 2.39. The number of amides is 1. The van der Waals surface area contributed by atoms with Crippen molar-refractivity contribution in [3.05, 3.63) is 22.2 Å². The highest BCUT2D eigenvalue weighted by Crippen LogP contribution is 2.31. The van der Waals surface area contributed by atoms with E-state index in [-0.39, 0.29) is 23.1 Å². The van der Waals surface area contributed by atoms with Crippen LogP contribution < -0.4 is 11.1 Å². The Balaban J connectivity index is 2.45. The van der Waals surface area contributed by atoms with Crippen LogP contribution in [-0.2, 0) is 14.3 Å². The van der Waals surface area contributed by atoms with Gasteiger partial charge >= 0.3 is 0 Å². The lowest BCUT2D eigenvalue weighted by Gasteiger charge is -2.22. The van der Waals surface area contributed by atoms with Gasteiger partial charge in [-0.15, -0.1) is 0 Å². The summed E-state index contributed by atoms with van der Waals surface area (Å²) in [5.74, 6) is -0.332. The summed E-state index contributed by atoms with van der Waals surface area (Å²) in [5, 5.41) is 3.30. The molecule has 0 aliphatic carbocycles. The molecule has 0 fully saturated rings. The first-order valence-corrected chi connectivity index (χ1v) is 7.18. The fourth-order valence-corrected chi connectivity index (χ4v) is 2.04. The Hall–Kier alpha value is -1.01. The fourth-order valence-electron chi connectivity index (χ4n) is 1.49. The Bertz CT molecular complexity index is 484. The van der Waals surface area contributed by atoms with Crippen LogP contribution in [0.2, 0.25) is 10.0 Å². The molecule has 1 rings (SSSR count). The van der Waals surface area contributed by atoms with Gasteiger partial charge in [-0.05, 0) is 32.4 Å². The van der Waals surface area contributed by atoms with Crippen LogP contribution in [0.15, 0.2) is 12.1 Å². The van der Waals surface area contributed by atoms with E-state index in [1.54, 1.807) is 7.11 Å². The van der Waals surface area contributed by atoms with E-state index in [0.717, 1.165) is 0 Å². The summed E-state index contributed by atoms with van der Waals surface area (Å²) >= 11 is 11.8. The molecule has 21 heavy (non-hydrogen) atoms. The lowest BCUT2D eigenvalue weighted by Crippen LogP contribution is -2.26. The Kier molecular flexibility index (Phi) is 6.74. The van der Waals surface area contributed by atoms with Crippen LogP contribution in [0.3, 0.4) is 0 Å². The van der Waals surface area contributed by atoms with Crippen molar-refractivity contribution >= 4 is 40.5 Å². The van der Waals surface area contributed by atoms with E-state index >= 15 is 0 Å². The molecule has 0 aliphatic heterocycles. The lowest BCUT2D eigenvalue weighted by atomic mass is 10.1. The van der Waals surface area contributed by atoms with Crippen LogP contribution in [0.5, 0.6) is 0 Å². The highest BCUT2D eigenvalue weighted by molar-refractivity contribution is 6.37. The Morgan fingerprint density at radius 3 is 2.62 bits per heavy atom. The third kappa shape index (κ3) is 6.09. The highest BCUT2D eigenvalue weighted by atomic mass is 35.5. The van der Waals surface area contributed by atoms with Gasteiger partial charge in [0.1, 0.15) is 6.61 Å². The largest absolute Gasteiger partial charge is 0.397 e. The first kappa shape index (κ1) is 18.0. The van der Waals surface area contributed by atoms with Crippen molar-refractivity contribution in [3.8, 4) is 0 Å². The quantitative estimate of drug-likeness (QED) is 0.592. The van der Waals surface area contributed by atoms with E-state index in [1.165, 1.54) is 12.1 Å². The topological polar surface area (TPSA) is 73.6 Å². The minimum Gasteiger partial charge on any atom is -0.397 e. The van der Waals surface area contributed by atoms with Gasteiger partial charge < -0.3 is 20.5 Å². The maximum absolute atomic E-state index is 11.8. The first-order chi connectivity index (χ1) is 9.75. The predicted molar refractivity (Wildman–Crippen MR) is 86.0 cm³/mol. The monoisotopic (exact) mass is 334 g/mol. The summed E-state index contributed by atoms with van der Waals surface area (Å²) < 4.78 is 10.6. The maximum Gasteiger partial charge on any atom is 0.250 e. The molecule has 0 spiro atoms. The van der Waals surface area contributed by atoms with Gasteiger partial charge in [-0.25, -0.2) is 0 Å². The Morgan fingerprint density at radius 2 is 2.05 bits per heavy atom. The van der Waals surface area contributed by atoms with E-state index in [4.69, 9.17) is 38.4 Å². The summed E-state index contributed by atoms with van der Waals surface area (Å²) in [6, 6.07) is 3.03. The van der Waals surface area contributed by atoms with Crippen LogP contribution >= 0.6 is 23.2 Å². The summed E-state index contributed by atoms with van der Waals surface area (Å²) in [4.78, 5) is 11.8. The number of benzene rings is 1. The third-order valence-corrected chi connectivity index (χ3v) is 3.50. The number of nitrogen functional groups attached to an aromatic ring is 1. The standard InChI is InChI=1S/C14H20Cl2N2O3/c1-14(2,20-3)4-5-21-8-12(19)18-13-10(16)6-9(15)7-11(13)17/h6-7H,4-5,8,17H2,1-3H3,(H,18,19). The molecule has 0 bridgehead atoms. The molecule has 0 aromatic heterocycles. The smallest absolute Gasteiger partial charge is 0.250 e. The number of rotatable bonds is 7. The van der Waals surface area contributed by atoms with E-state index in [0.29, 0.717) is 29.4 Å². The second-order valence-electron chi connectivity index (χ2n) is 5.17. The van der Waals surface area contributed by atoms with Gasteiger partial charge in [-0.2, -0.15) is 0 Å². The summed E-state index contributed by atoms with van der Waals surface area (Å²) in [6.45, 7) is 4.23. The number of carbonyl (C=O) groups excluding carboxylic acids is 1. The second-order valence-corrected chi connectivity index (χ2v) is 6.01. The Labute approximate surface area is 134 Å². The number of hydrogen-bond donors (Lipinski definition) is 2. The van der Waals surface area contributed by atoms with Crippen molar-refractivity contribution in [1.29, 1.82) is 0 Å². The zero-order valence-electron chi connectivity index (χ0n) is 12.3. The minimum atomic E-state index is -0.332. The van der Waals surface area contributed by atoms with Crippen LogP contribution in [0.25, 0.3) is 0 Å². The van der Waals surface area contributed by atoms with Crippen LogP contribution in [0.1, 0.15) is 20.3 Å². The molecule has 1 aromatic carbocycles. The van der Waals surface area contributed by atoms with Gasteiger partial charge in [0, 0.05) is 18.7 Å². The van der Waals surface area contributed by atoms with Gasteiger partial charge in [-0.1, -0.05) is 23.2 Å². The zero-order valence-corrected chi connectivity index (χ0v) is 13.8. The first-order valence-electron chi connectivity index (χ1n) is 6.42. The molecular weight excluding hydrogens is 315 g/mol. The molecule has 1 amide bonds. The fraction of sp³-hybridized carbons (Fsp3) is 0.500. The number of nitrogens with two attached hydrogens (primary N) is 1. The van der Waals surface area contributed by atoms with Crippen molar-refractivity contribution in [2.24, 2.45) is 0 Å². The SMILES string of the molecule is COC(C)(C)CCOCC(=O)Nc1c(N)cc(Cl)cc1Cl. The van der Waals surface area contributed by atoms with Gasteiger partial charge in [0.25, 0.3) is 0 Å². The number of hydrogen-bond acceptors (Lipinski definition) is 4. The van der Waals surface area contributed by atoms with Crippen molar-refractivity contribution in [3.63, 3.8) is 0 Å². The molecule has 0 unspecified atom stereocenters. The van der Waals surface area contributed by atoms with Crippen molar-refractivity contribution in [1.82, 2.24) is 0 Å². The summed E-state index contributed by atoms with van der Waals surface area (Å²) in [6.07, 6.45) is 0.681. The van der Waals surface area contributed by atoms with Gasteiger partial charge in [0.15, 0.2) is 0 Å². The van der Waals surface area contributed by atoms with Crippen LogP contribution in [-0.4, -0.2) is 31.8 Å². The van der Waals surface area contributed by atoms with Gasteiger partial charge in [0.05, 0.1) is 22.0 Å². The average molecular weight is 335 g/mol. The number of ether oxygens (including phenoxy) is 2. The summed E-state index contributed by atoms with van der Waals surface area (Å²) in [5.41, 5.74) is 6.13. The maximum atomic E-state index is 11.8. The molecule has 0 saturated heterocycles. The van der Waals surface area contributed by atoms with Crippen molar-refractivity contribution < 1.29 is 14.3 Å². The van der Waals surface area contributed by atoms with E-state index in [2.05, 4.69) is 5.32 Å². The molecule has 0 atom stereocenters. The zero-order chi connectivity index (χ0) is 16.0. The molecule has 118 valence electrons. The third-order valence-electron chi connectivity index (χ3n) is 2.98. The van der Waals surface area contributed by atoms with E-state index in [1.807, 2.05) is 13.8 Å². The summed E-state index contributed by atoms with van der Waals surface area (Å²) in [7, 11) is 1.64. The predicted octanol–water partition coefficient (Wildman–Crippen LogP) is 3.35. The molecule has 7 heteroatoms.